The number of carbonyl (C=O) groups is 1. The Hall–Kier alpha value is -3.34. The molecule has 138 valence electrons. The summed E-state index contributed by atoms with van der Waals surface area (Å²) in [6, 6.07) is 17.5. The second kappa shape index (κ2) is 8.36. The summed E-state index contributed by atoms with van der Waals surface area (Å²) < 4.78 is 5.37. The molecule has 1 heterocycles. The van der Waals surface area contributed by atoms with Gasteiger partial charge in [0.1, 0.15) is 11.4 Å². The number of anilines is 2. The van der Waals surface area contributed by atoms with Crippen LogP contribution in [-0.2, 0) is 6.54 Å². The van der Waals surface area contributed by atoms with E-state index in [1.165, 1.54) is 5.56 Å². The summed E-state index contributed by atoms with van der Waals surface area (Å²) in [6.07, 6.45) is 1.64. The predicted molar refractivity (Wildman–Crippen MR) is 108 cm³/mol. The van der Waals surface area contributed by atoms with Crippen molar-refractivity contribution in [1.29, 1.82) is 0 Å². The first kappa shape index (κ1) is 18.5. The van der Waals surface area contributed by atoms with Gasteiger partial charge in [-0.2, -0.15) is 0 Å². The molecule has 0 aliphatic heterocycles. The quantitative estimate of drug-likeness (QED) is 0.684. The standard InChI is InChI=1S/C22H23N3O2/c1-15-5-4-6-17(11-15)13-24-22(26)19-9-8-18(14-23-19)25-20-12-16(2)7-10-21(20)27-3/h4-12,14,25H,13H2,1-3H3,(H,24,26). The van der Waals surface area contributed by atoms with Crippen LogP contribution in [0, 0.1) is 13.8 Å². The Morgan fingerprint density at radius 2 is 1.85 bits per heavy atom. The first-order chi connectivity index (χ1) is 13.0. The van der Waals surface area contributed by atoms with E-state index in [2.05, 4.69) is 21.7 Å². The summed E-state index contributed by atoms with van der Waals surface area (Å²) in [5, 5.41) is 6.17. The van der Waals surface area contributed by atoms with Crippen LogP contribution in [0.2, 0.25) is 0 Å². The largest absolute Gasteiger partial charge is 0.495 e. The maximum Gasteiger partial charge on any atom is 0.270 e. The monoisotopic (exact) mass is 361 g/mol. The van der Waals surface area contributed by atoms with Gasteiger partial charge in [-0.15, -0.1) is 0 Å². The van der Waals surface area contributed by atoms with Crippen molar-refractivity contribution in [2.75, 3.05) is 12.4 Å². The number of amides is 1. The van der Waals surface area contributed by atoms with Crippen LogP contribution in [0.15, 0.2) is 60.8 Å². The smallest absolute Gasteiger partial charge is 0.270 e. The van der Waals surface area contributed by atoms with Gasteiger partial charge >= 0.3 is 0 Å². The number of carbonyl (C=O) groups excluding carboxylic acids is 1. The lowest BCUT2D eigenvalue weighted by molar-refractivity contribution is 0.0946. The Morgan fingerprint density at radius 1 is 1.04 bits per heavy atom. The molecule has 0 radical (unpaired) electrons. The second-order valence-electron chi connectivity index (χ2n) is 6.43. The summed E-state index contributed by atoms with van der Waals surface area (Å²) in [5.74, 6) is 0.553. The van der Waals surface area contributed by atoms with Crippen molar-refractivity contribution in [2.24, 2.45) is 0 Å². The van der Waals surface area contributed by atoms with Crippen LogP contribution in [0.3, 0.4) is 0 Å². The topological polar surface area (TPSA) is 63.2 Å². The number of pyridine rings is 1. The number of nitrogens with zero attached hydrogens (tertiary/aromatic N) is 1. The van der Waals surface area contributed by atoms with E-state index < -0.39 is 0 Å². The van der Waals surface area contributed by atoms with Crippen molar-refractivity contribution < 1.29 is 9.53 Å². The first-order valence-corrected chi connectivity index (χ1v) is 8.76. The molecule has 1 aromatic heterocycles. The Balaban J connectivity index is 1.64. The second-order valence-corrected chi connectivity index (χ2v) is 6.43. The Morgan fingerprint density at radius 3 is 2.56 bits per heavy atom. The van der Waals surface area contributed by atoms with E-state index in [-0.39, 0.29) is 5.91 Å². The third-order valence-electron chi connectivity index (χ3n) is 4.17. The highest BCUT2D eigenvalue weighted by Gasteiger charge is 2.08. The fourth-order valence-electron chi connectivity index (χ4n) is 2.77. The van der Waals surface area contributed by atoms with E-state index in [0.717, 1.165) is 28.3 Å². The number of aryl methyl sites for hydroxylation is 2. The van der Waals surface area contributed by atoms with Crippen molar-refractivity contribution in [2.45, 2.75) is 20.4 Å². The van der Waals surface area contributed by atoms with Gasteiger partial charge in [-0.3, -0.25) is 4.79 Å². The molecule has 2 aromatic carbocycles. The minimum atomic E-state index is -0.198. The fourth-order valence-corrected chi connectivity index (χ4v) is 2.77. The van der Waals surface area contributed by atoms with Crippen molar-refractivity contribution in [3.05, 3.63) is 83.2 Å². The highest BCUT2D eigenvalue weighted by molar-refractivity contribution is 5.92. The van der Waals surface area contributed by atoms with Crippen LogP contribution in [-0.4, -0.2) is 18.0 Å². The molecule has 3 rings (SSSR count). The number of nitrogens with one attached hydrogen (secondary N) is 2. The van der Waals surface area contributed by atoms with Crippen molar-refractivity contribution in [3.63, 3.8) is 0 Å². The Kier molecular flexibility index (Phi) is 5.71. The molecule has 0 atom stereocenters. The van der Waals surface area contributed by atoms with E-state index in [9.17, 15) is 4.79 Å². The summed E-state index contributed by atoms with van der Waals surface area (Å²) in [6.45, 7) is 4.52. The molecular formula is C22H23N3O2. The predicted octanol–water partition coefficient (Wildman–Crippen LogP) is 4.38. The van der Waals surface area contributed by atoms with Gasteiger partial charge in [-0.1, -0.05) is 35.9 Å². The highest BCUT2D eigenvalue weighted by atomic mass is 16.5. The number of ether oxygens (including phenoxy) is 1. The average molecular weight is 361 g/mol. The molecule has 3 aromatic rings. The highest BCUT2D eigenvalue weighted by Crippen LogP contribution is 2.28. The van der Waals surface area contributed by atoms with E-state index in [0.29, 0.717) is 12.2 Å². The van der Waals surface area contributed by atoms with E-state index >= 15 is 0 Å². The van der Waals surface area contributed by atoms with Gasteiger partial charge in [0.2, 0.25) is 0 Å². The number of aromatic nitrogens is 1. The number of methoxy groups -OCH3 is 1. The molecule has 0 fully saturated rings. The van der Waals surface area contributed by atoms with Gasteiger partial charge in [0.25, 0.3) is 5.91 Å². The number of benzene rings is 2. The van der Waals surface area contributed by atoms with Gasteiger partial charge in [0.15, 0.2) is 0 Å². The van der Waals surface area contributed by atoms with Gasteiger partial charge < -0.3 is 15.4 Å². The van der Waals surface area contributed by atoms with Crippen LogP contribution in [0.1, 0.15) is 27.2 Å². The van der Waals surface area contributed by atoms with Crippen LogP contribution in [0.25, 0.3) is 0 Å². The molecule has 0 saturated carbocycles. The van der Waals surface area contributed by atoms with Crippen LogP contribution in [0.5, 0.6) is 5.75 Å². The lowest BCUT2D eigenvalue weighted by Crippen LogP contribution is -2.23. The minimum absolute atomic E-state index is 0.198. The maximum atomic E-state index is 12.3. The number of hydrogen-bond acceptors (Lipinski definition) is 4. The molecule has 5 heteroatoms. The molecule has 5 nitrogen and oxygen atoms in total. The summed E-state index contributed by atoms with van der Waals surface area (Å²) in [5.41, 5.74) is 5.38. The van der Waals surface area contributed by atoms with Gasteiger partial charge in [-0.05, 0) is 49.2 Å². The molecule has 0 aliphatic rings. The molecule has 0 unspecified atom stereocenters. The van der Waals surface area contributed by atoms with Crippen LogP contribution < -0.4 is 15.4 Å². The minimum Gasteiger partial charge on any atom is -0.495 e. The van der Waals surface area contributed by atoms with Gasteiger partial charge in [-0.25, -0.2) is 4.98 Å². The molecule has 1 amide bonds. The van der Waals surface area contributed by atoms with Gasteiger partial charge in [0, 0.05) is 6.54 Å². The van der Waals surface area contributed by atoms with E-state index in [1.54, 1.807) is 19.4 Å². The number of rotatable bonds is 6. The van der Waals surface area contributed by atoms with Crippen LogP contribution >= 0.6 is 0 Å². The molecular weight excluding hydrogens is 338 g/mol. The Bertz CT molecular complexity index is 937. The third kappa shape index (κ3) is 4.85. The normalized spacial score (nSPS) is 10.3. The van der Waals surface area contributed by atoms with Crippen LogP contribution in [0.4, 0.5) is 11.4 Å². The molecule has 2 N–H and O–H groups in total. The summed E-state index contributed by atoms with van der Waals surface area (Å²) >= 11 is 0. The molecule has 0 spiro atoms. The number of hydrogen-bond donors (Lipinski definition) is 2. The lowest BCUT2D eigenvalue weighted by Gasteiger charge is -2.12. The Labute approximate surface area is 159 Å². The zero-order chi connectivity index (χ0) is 19.2. The zero-order valence-corrected chi connectivity index (χ0v) is 15.7. The summed E-state index contributed by atoms with van der Waals surface area (Å²) in [4.78, 5) is 16.6. The van der Waals surface area contributed by atoms with Gasteiger partial charge in [0.05, 0.1) is 24.7 Å². The molecule has 0 aliphatic carbocycles. The van der Waals surface area contributed by atoms with Crippen molar-refractivity contribution in [1.82, 2.24) is 10.3 Å². The third-order valence-corrected chi connectivity index (χ3v) is 4.17. The lowest BCUT2D eigenvalue weighted by atomic mass is 10.1. The average Bonchev–Trinajstić information content (AvgIpc) is 2.67. The zero-order valence-electron chi connectivity index (χ0n) is 15.7. The first-order valence-electron chi connectivity index (χ1n) is 8.76. The van der Waals surface area contributed by atoms with Crippen molar-refractivity contribution in [3.8, 4) is 5.75 Å². The van der Waals surface area contributed by atoms with E-state index in [1.807, 2.05) is 56.3 Å². The van der Waals surface area contributed by atoms with Crippen molar-refractivity contribution >= 4 is 17.3 Å². The van der Waals surface area contributed by atoms with E-state index in [4.69, 9.17) is 4.74 Å². The summed E-state index contributed by atoms with van der Waals surface area (Å²) in [7, 11) is 1.63. The molecule has 27 heavy (non-hydrogen) atoms. The fraction of sp³-hybridized carbons (Fsp3) is 0.182. The maximum absolute atomic E-state index is 12.3. The molecule has 0 bridgehead atoms. The SMILES string of the molecule is COc1ccc(C)cc1Nc1ccc(C(=O)NCc2cccc(C)c2)nc1. The molecule has 0 saturated heterocycles.